The molecule has 0 unspecified atom stereocenters. The maximum Gasteiger partial charge on any atom is 0.173 e. The molecule has 2 aromatic heterocycles. The molecule has 0 radical (unpaired) electrons. The molecule has 0 spiro atoms. The predicted molar refractivity (Wildman–Crippen MR) is 77.9 cm³/mol. The van der Waals surface area contributed by atoms with E-state index >= 15 is 0 Å². The van der Waals surface area contributed by atoms with Crippen LogP contribution in [0, 0.1) is 34.0 Å². The summed E-state index contributed by atoms with van der Waals surface area (Å²) in [5.74, 6) is 0. The number of ether oxygens (including phenoxy) is 1. The van der Waals surface area contributed by atoms with Crippen LogP contribution in [-0.4, -0.2) is 7.11 Å². The molecular formula is C14H7N3OS2. The molecule has 0 amide bonds. The van der Waals surface area contributed by atoms with Crippen molar-refractivity contribution in [1.82, 2.24) is 0 Å². The van der Waals surface area contributed by atoms with E-state index in [1.807, 2.05) is 24.3 Å². The molecule has 6 heteroatoms. The summed E-state index contributed by atoms with van der Waals surface area (Å²) in [5.41, 5.74) is -0.0422. The molecule has 2 heterocycles. The first-order valence-electron chi connectivity index (χ1n) is 5.42. The van der Waals surface area contributed by atoms with E-state index in [0.717, 1.165) is 14.8 Å². The van der Waals surface area contributed by atoms with Gasteiger partial charge in [-0.1, -0.05) is 11.3 Å². The van der Waals surface area contributed by atoms with Crippen molar-refractivity contribution >= 4 is 28.2 Å². The number of methoxy groups -OCH3 is 1. The minimum atomic E-state index is -0.162. The first kappa shape index (κ1) is 13.8. The lowest BCUT2D eigenvalue weighted by molar-refractivity contribution is 0.427. The van der Waals surface area contributed by atoms with Gasteiger partial charge in [-0.05, 0) is 24.3 Å². The fraction of sp³-hybridized carbons (Fsp3) is 0.0714. The molecule has 0 saturated heterocycles. The van der Waals surface area contributed by atoms with E-state index in [2.05, 4.69) is 0 Å². The highest BCUT2D eigenvalue weighted by molar-refractivity contribution is 7.23. The smallest absolute Gasteiger partial charge is 0.173 e. The Kier molecular flexibility index (Phi) is 4.17. The molecular weight excluding hydrogens is 290 g/mol. The van der Waals surface area contributed by atoms with Gasteiger partial charge in [0.2, 0.25) is 0 Å². The van der Waals surface area contributed by atoms with Gasteiger partial charge in [0, 0.05) is 14.6 Å². The average Bonchev–Trinajstić information content (AvgIpc) is 3.12. The maximum atomic E-state index is 9.11. The van der Waals surface area contributed by atoms with Gasteiger partial charge in [-0.2, -0.15) is 15.8 Å². The second kappa shape index (κ2) is 6.04. The topological polar surface area (TPSA) is 80.6 Å². The van der Waals surface area contributed by atoms with Gasteiger partial charge in [0.25, 0.3) is 0 Å². The Balaban J connectivity index is 2.44. The van der Waals surface area contributed by atoms with Gasteiger partial charge in [0.05, 0.1) is 12.7 Å². The fourth-order valence-corrected chi connectivity index (χ4v) is 3.46. The van der Waals surface area contributed by atoms with Crippen molar-refractivity contribution in [3.8, 4) is 33.0 Å². The SMILES string of the molecule is COc1ccc(-c2ccc(C(C#N)=C(C#N)C#N)s2)s1. The summed E-state index contributed by atoms with van der Waals surface area (Å²) < 4.78 is 5.14. The average molecular weight is 297 g/mol. The normalized spacial score (nSPS) is 9.10. The molecule has 0 atom stereocenters. The Hall–Kier alpha value is -2.59. The van der Waals surface area contributed by atoms with Gasteiger partial charge >= 0.3 is 0 Å². The van der Waals surface area contributed by atoms with Gasteiger partial charge in [-0.15, -0.1) is 11.3 Å². The number of nitrogens with zero attached hydrogens (tertiary/aromatic N) is 3. The zero-order chi connectivity index (χ0) is 14.5. The Bertz CT molecular complexity index is 777. The standard InChI is InChI=1S/C14H7N3OS2/c1-18-14-5-4-13(20-14)12-3-2-11(19-12)10(8-17)9(6-15)7-16/h2-5H,1H3. The summed E-state index contributed by atoms with van der Waals surface area (Å²) in [6.45, 7) is 0. The lowest BCUT2D eigenvalue weighted by Crippen LogP contribution is -1.81. The molecule has 2 aromatic rings. The van der Waals surface area contributed by atoms with E-state index in [1.54, 1.807) is 25.3 Å². The van der Waals surface area contributed by atoms with E-state index in [4.69, 9.17) is 20.5 Å². The molecule has 0 aliphatic heterocycles. The molecule has 0 aliphatic carbocycles. The number of hydrogen-bond donors (Lipinski definition) is 0. The van der Waals surface area contributed by atoms with E-state index in [1.165, 1.54) is 22.7 Å². The molecule has 0 fully saturated rings. The quantitative estimate of drug-likeness (QED) is 0.807. The molecule has 0 bridgehead atoms. The highest BCUT2D eigenvalue weighted by atomic mass is 32.1. The molecule has 0 aliphatic rings. The maximum absolute atomic E-state index is 9.11. The monoisotopic (exact) mass is 297 g/mol. The fourth-order valence-electron chi connectivity index (χ4n) is 1.54. The van der Waals surface area contributed by atoms with Gasteiger partial charge in [0.15, 0.2) is 5.06 Å². The number of allylic oxidation sites excluding steroid dienone is 2. The Morgan fingerprint density at radius 1 is 0.950 bits per heavy atom. The molecule has 0 N–H and O–H groups in total. The highest BCUT2D eigenvalue weighted by Gasteiger charge is 2.13. The van der Waals surface area contributed by atoms with Gasteiger partial charge in [-0.3, -0.25) is 0 Å². The van der Waals surface area contributed by atoms with Gasteiger partial charge in [-0.25, -0.2) is 0 Å². The minimum Gasteiger partial charge on any atom is -0.487 e. The van der Waals surface area contributed by atoms with Crippen LogP contribution < -0.4 is 4.74 Å². The van der Waals surface area contributed by atoms with Crippen molar-refractivity contribution in [1.29, 1.82) is 15.8 Å². The number of nitriles is 3. The first-order valence-corrected chi connectivity index (χ1v) is 7.05. The molecule has 0 saturated carbocycles. The summed E-state index contributed by atoms with van der Waals surface area (Å²) in [5, 5.41) is 27.6. The number of thiophene rings is 2. The van der Waals surface area contributed by atoms with Crippen molar-refractivity contribution in [2.45, 2.75) is 0 Å². The minimum absolute atomic E-state index is 0.120. The van der Waals surface area contributed by atoms with Crippen LogP contribution in [0.2, 0.25) is 0 Å². The van der Waals surface area contributed by atoms with Crippen molar-refractivity contribution in [3.05, 3.63) is 34.7 Å². The summed E-state index contributed by atoms with van der Waals surface area (Å²) in [6.07, 6.45) is 0. The lowest BCUT2D eigenvalue weighted by Gasteiger charge is -1.93. The van der Waals surface area contributed by atoms with E-state index < -0.39 is 0 Å². The predicted octanol–water partition coefficient (Wildman–Crippen LogP) is 3.81. The van der Waals surface area contributed by atoms with Crippen molar-refractivity contribution in [2.24, 2.45) is 0 Å². The zero-order valence-electron chi connectivity index (χ0n) is 10.4. The van der Waals surface area contributed by atoms with E-state index in [0.29, 0.717) is 4.88 Å². The molecule has 4 nitrogen and oxygen atoms in total. The zero-order valence-corrected chi connectivity index (χ0v) is 12.0. The van der Waals surface area contributed by atoms with Crippen LogP contribution in [-0.2, 0) is 0 Å². The number of rotatable bonds is 3. The second-order valence-electron chi connectivity index (χ2n) is 3.57. The second-order valence-corrected chi connectivity index (χ2v) is 5.70. The van der Waals surface area contributed by atoms with Crippen molar-refractivity contribution in [3.63, 3.8) is 0 Å². The molecule has 2 rings (SSSR count). The number of hydrogen-bond acceptors (Lipinski definition) is 6. The van der Waals surface area contributed by atoms with Crippen LogP contribution in [0.25, 0.3) is 15.3 Å². The summed E-state index contributed by atoms with van der Waals surface area (Å²) in [7, 11) is 1.61. The first-order chi connectivity index (χ1) is 9.73. The molecule has 0 aromatic carbocycles. The van der Waals surface area contributed by atoms with Crippen LogP contribution in [0.4, 0.5) is 0 Å². The van der Waals surface area contributed by atoms with Crippen molar-refractivity contribution < 1.29 is 4.74 Å². The molecule has 96 valence electrons. The lowest BCUT2D eigenvalue weighted by atomic mass is 10.1. The summed E-state index contributed by atoms with van der Waals surface area (Å²) >= 11 is 2.87. The third-order valence-corrected chi connectivity index (χ3v) is 4.81. The van der Waals surface area contributed by atoms with E-state index in [-0.39, 0.29) is 11.1 Å². The van der Waals surface area contributed by atoms with Gasteiger partial charge in [0.1, 0.15) is 23.8 Å². The van der Waals surface area contributed by atoms with Crippen molar-refractivity contribution in [2.75, 3.05) is 7.11 Å². The third kappa shape index (κ3) is 2.55. The van der Waals surface area contributed by atoms with Crippen LogP contribution in [0.5, 0.6) is 5.06 Å². The largest absolute Gasteiger partial charge is 0.487 e. The van der Waals surface area contributed by atoms with E-state index in [9.17, 15) is 0 Å². The molecule has 20 heavy (non-hydrogen) atoms. The summed E-state index contributed by atoms with van der Waals surface area (Å²) in [4.78, 5) is 2.61. The van der Waals surface area contributed by atoms with Crippen LogP contribution in [0.15, 0.2) is 29.8 Å². The summed E-state index contributed by atoms with van der Waals surface area (Å²) in [6, 6.07) is 12.8. The van der Waals surface area contributed by atoms with Crippen LogP contribution >= 0.6 is 22.7 Å². The Labute approximate surface area is 124 Å². The van der Waals surface area contributed by atoms with Crippen LogP contribution in [0.1, 0.15) is 4.88 Å². The third-order valence-electron chi connectivity index (χ3n) is 2.46. The van der Waals surface area contributed by atoms with Crippen LogP contribution in [0.3, 0.4) is 0 Å². The van der Waals surface area contributed by atoms with Gasteiger partial charge < -0.3 is 4.74 Å². The Morgan fingerprint density at radius 3 is 2.15 bits per heavy atom. The Morgan fingerprint density at radius 2 is 1.60 bits per heavy atom. The highest BCUT2D eigenvalue weighted by Crippen LogP contribution is 2.38.